The van der Waals surface area contributed by atoms with Crippen LogP contribution >= 0.6 is 0 Å². The predicted molar refractivity (Wildman–Crippen MR) is 94.1 cm³/mol. The summed E-state index contributed by atoms with van der Waals surface area (Å²) in [5.74, 6) is 0.808. The van der Waals surface area contributed by atoms with E-state index in [1.807, 2.05) is 48.5 Å². The second kappa shape index (κ2) is 5.43. The molecule has 3 aromatic rings. The van der Waals surface area contributed by atoms with Gasteiger partial charge in [-0.05, 0) is 18.2 Å². The molecule has 0 atom stereocenters. The molecular weight excluding hydrogens is 314 g/mol. The fraction of sp³-hybridized carbons (Fsp3) is 0.300. The molecule has 1 fully saturated rings. The molecule has 0 bridgehead atoms. The van der Waals surface area contributed by atoms with Gasteiger partial charge in [-0.15, -0.1) is 0 Å². The van der Waals surface area contributed by atoms with Gasteiger partial charge in [0.05, 0.1) is 23.1 Å². The van der Waals surface area contributed by atoms with Crippen LogP contribution in [0.2, 0.25) is 0 Å². The van der Waals surface area contributed by atoms with Gasteiger partial charge in [0.2, 0.25) is 0 Å². The summed E-state index contributed by atoms with van der Waals surface area (Å²) in [6.07, 6.45) is 1.66. The highest BCUT2D eigenvalue weighted by Gasteiger charge is 2.47. The fourth-order valence-corrected chi connectivity index (χ4v) is 4.08. The monoisotopic (exact) mass is 333 g/mol. The normalized spacial score (nSPS) is 19.3. The summed E-state index contributed by atoms with van der Waals surface area (Å²) in [6.45, 7) is 2.57. The average Bonchev–Trinajstić information content (AvgIpc) is 3.17. The molecule has 5 nitrogen and oxygen atoms in total. The van der Waals surface area contributed by atoms with Gasteiger partial charge in [0, 0.05) is 31.5 Å². The molecule has 0 aliphatic carbocycles. The van der Waals surface area contributed by atoms with Crippen LogP contribution in [0.5, 0.6) is 0 Å². The van der Waals surface area contributed by atoms with Gasteiger partial charge >= 0.3 is 5.97 Å². The Morgan fingerprint density at radius 3 is 2.68 bits per heavy atom. The molecule has 2 aromatic carbocycles. The fourth-order valence-electron chi connectivity index (χ4n) is 4.08. The number of aromatic nitrogens is 2. The van der Waals surface area contributed by atoms with Gasteiger partial charge in [0.1, 0.15) is 11.4 Å². The van der Waals surface area contributed by atoms with Gasteiger partial charge in [-0.3, -0.25) is 4.90 Å². The first-order valence-corrected chi connectivity index (χ1v) is 8.72. The zero-order chi connectivity index (χ0) is 16.9. The maximum atomic E-state index is 12.2. The number of hydrogen-bond acceptors (Lipinski definition) is 4. The van der Waals surface area contributed by atoms with E-state index < -0.39 is 5.60 Å². The summed E-state index contributed by atoms with van der Waals surface area (Å²) in [7, 11) is 0. The van der Waals surface area contributed by atoms with E-state index in [0.717, 1.165) is 60.5 Å². The Bertz CT molecular complexity index is 921. The number of benzene rings is 2. The van der Waals surface area contributed by atoms with Crippen molar-refractivity contribution in [3.05, 3.63) is 65.5 Å². The number of likely N-dealkylation sites (tertiary alicyclic amines) is 1. The Labute approximate surface area is 145 Å². The van der Waals surface area contributed by atoms with E-state index in [0.29, 0.717) is 0 Å². The molecule has 3 heterocycles. The van der Waals surface area contributed by atoms with Crippen molar-refractivity contribution in [2.45, 2.75) is 25.0 Å². The number of nitrogens with zero attached hydrogens (tertiary/aromatic N) is 2. The second-order valence-electron chi connectivity index (χ2n) is 6.91. The lowest BCUT2D eigenvalue weighted by Gasteiger charge is -2.38. The average molecular weight is 333 g/mol. The first-order valence-electron chi connectivity index (χ1n) is 8.72. The maximum absolute atomic E-state index is 12.2. The van der Waals surface area contributed by atoms with Crippen LogP contribution in [0.3, 0.4) is 0 Å². The zero-order valence-corrected chi connectivity index (χ0v) is 13.9. The SMILES string of the molecule is O=C1OC2(CCN(Cc3nc4ccccc4[nH]3)CC2)c2ccccc21. The topological polar surface area (TPSA) is 58.2 Å². The maximum Gasteiger partial charge on any atom is 0.339 e. The summed E-state index contributed by atoms with van der Waals surface area (Å²) in [6, 6.07) is 15.9. The smallest absolute Gasteiger partial charge is 0.339 e. The number of H-pyrrole nitrogens is 1. The van der Waals surface area contributed by atoms with Crippen molar-refractivity contribution in [1.82, 2.24) is 14.9 Å². The Kier molecular flexibility index (Phi) is 3.18. The molecule has 0 radical (unpaired) electrons. The lowest BCUT2D eigenvalue weighted by Crippen LogP contribution is -2.42. The molecule has 0 unspecified atom stereocenters. The predicted octanol–water partition coefficient (Wildman–Crippen LogP) is 3.22. The zero-order valence-electron chi connectivity index (χ0n) is 13.9. The third-order valence-corrected chi connectivity index (χ3v) is 5.40. The molecule has 5 heteroatoms. The minimum absolute atomic E-state index is 0.179. The van der Waals surface area contributed by atoms with E-state index in [9.17, 15) is 4.79 Å². The molecule has 2 aliphatic rings. The number of rotatable bonds is 2. The Morgan fingerprint density at radius 1 is 1.08 bits per heavy atom. The van der Waals surface area contributed by atoms with Gasteiger partial charge in [-0.1, -0.05) is 30.3 Å². The molecule has 5 rings (SSSR count). The van der Waals surface area contributed by atoms with Crippen molar-refractivity contribution in [2.75, 3.05) is 13.1 Å². The second-order valence-corrected chi connectivity index (χ2v) is 6.91. The number of hydrogen-bond donors (Lipinski definition) is 1. The first-order chi connectivity index (χ1) is 12.2. The number of piperidine rings is 1. The Morgan fingerprint density at radius 2 is 1.84 bits per heavy atom. The highest BCUT2D eigenvalue weighted by molar-refractivity contribution is 5.94. The van der Waals surface area contributed by atoms with Crippen molar-refractivity contribution >= 4 is 17.0 Å². The quantitative estimate of drug-likeness (QED) is 0.732. The standard InChI is InChI=1S/C20H19N3O2/c24-19-14-5-1-2-6-15(14)20(25-19)9-11-23(12-10-20)13-18-21-16-7-3-4-8-17(16)22-18/h1-8H,9-13H2,(H,21,22). The van der Waals surface area contributed by atoms with Gasteiger partial charge in [0.25, 0.3) is 0 Å². The van der Waals surface area contributed by atoms with Crippen LogP contribution in [0, 0.1) is 0 Å². The lowest BCUT2D eigenvalue weighted by molar-refractivity contribution is -0.0443. The number of ether oxygens (including phenoxy) is 1. The molecule has 2 aliphatic heterocycles. The highest BCUT2D eigenvalue weighted by Crippen LogP contribution is 2.44. The van der Waals surface area contributed by atoms with E-state index in [1.54, 1.807) is 0 Å². The molecule has 0 amide bonds. The summed E-state index contributed by atoms with van der Waals surface area (Å²) >= 11 is 0. The van der Waals surface area contributed by atoms with Crippen LogP contribution in [-0.2, 0) is 16.9 Å². The summed E-state index contributed by atoms with van der Waals surface area (Å²) in [5, 5.41) is 0. The first kappa shape index (κ1) is 14.7. The van der Waals surface area contributed by atoms with E-state index in [4.69, 9.17) is 4.74 Å². The number of carbonyl (C=O) groups excluding carboxylic acids is 1. The Hall–Kier alpha value is -2.66. The van der Waals surface area contributed by atoms with Crippen LogP contribution < -0.4 is 0 Å². The molecule has 1 spiro atoms. The van der Waals surface area contributed by atoms with Crippen LogP contribution in [-0.4, -0.2) is 33.9 Å². The molecule has 1 aromatic heterocycles. The van der Waals surface area contributed by atoms with Crippen molar-refractivity contribution < 1.29 is 9.53 Å². The molecule has 1 saturated heterocycles. The van der Waals surface area contributed by atoms with Gasteiger partial charge in [-0.25, -0.2) is 9.78 Å². The van der Waals surface area contributed by atoms with Gasteiger partial charge < -0.3 is 9.72 Å². The summed E-state index contributed by atoms with van der Waals surface area (Å²) < 4.78 is 5.82. The number of para-hydroxylation sites is 2. The van der Waals surface area contributed by atoms with Gasteiger partial charge in [0.15, 0.2) is 0 Å². The van der Waals surface area contributed by atoms with E-state index in [2.05, 4.69) is 14.9 Å². The summed E-state index contributed by atoms with van der Waals surface area (Å²) in [4.78, 5) is 22.6. The van der Waals surface area contributed by atoms with Crippen molar-refractivity contribution in [2.24, 2.45) is 0 Å². The Balaban J connectivity index is 1.33. The van der Waals surface area contributed by atoms with Crippen LogP contribution in [0.15, 0.2) is 48.5 Å². The van der Waals surface area contributed by atoms with Crippen molar-refractivity contribution in [3.8, 4) is 0 Å². The largest absolute Gasteiger partial charge is 0.450 e. The van der Waals surface area contributed by atoms with Crippen LogP contribution in [0.25, 0.3) is 11.0 Å². The van der Waals surface area contributed by atoms with Crippen molar-refractivity contribution in [1.29, 1.82) is 0 Å². The number of imidazole rings is 1. The molecular formula is C20H19N3O2. The van der Waals surface area contributed by atoms with Crippen molar-refractivity contribution in [3.63, 3.8) is 0 Å². The molecule has 25 heavy (non-hydrogen) atoms. The number of nitrogens with one attached hydrogen (secondary N) is 1. The minimum Gasteiger partial charge on any atom is -0.450 e. The summed E-state index contributed by atoms with van der Waals surface area (Å²) in [5.41, 5.74) is 3.43. The van der Waals surface area contributed by atoms with E-state index >= 15 is 0 Å². The number of aromatic amines is 1. The van der Waals surface area contributed by atoms with E-state index in [1.165, 1.54) is 0 Å². The van der Waals surface area contributed by atoms with E-state index in [-0.39, 0.29) is 5.97 Å². The molecule has 126 valence electrons. The van der Waals surface area contributed by atoms with Crippen LogP contribution in [0.1, 0.15) is 34.6 Å². The molecule has 0 saturated carbocycles. The minimum atomic E-state index is -0.432. The third kappa shape index (κ3) is 2.35. The highest BCUT2D eigenvalue weighted by atomic mass is 16.6. The number of fused-ring (bicyclic) bond motifs is 3. The molecule has 1 N–H and O–H groups in total. The van der Waals surface area contributed by atoms with Crippen LogP contribution in [0.4, 0.5) is 0 Å². The number of carbonyl (C=O) groups is 1. The third-order valence-electron chi connectivity index (χ3n) is 5.40. The lowest BCUT2D eigenvalue weighted by atomic mass is 9.84. The number of esters is 1. The van der Waals surface area contributed by atoms with Gasteiger partial charge in [-0.2, -0.15) is 0 Å².